The molecule has 0 amide bonds. The average Bonchev–Trinajstić information content (AvgIpc) is 2.40. The molecule has 0 saturated carbocycles. The molecule has 2 aromatic carbocycles. The highest BCUT2D eigenvalue weighted by Gasteiger charge is 2.12. The molecule has 0 unspecified atom stereocenters. The summed E-state index contributed by atoms with van der Waals surface area (Å²) in [5, 5.41) is 4.17. The van der Waals surface area contributed by atoms with Crippen molar-refractivity contribution in [3.8, 4) is 11.5 Å². The number of ether oxygens (including phenoxy) is 1. The van der Waals surface area contributed by atoms with Crippen LogP contribution in [-0.4, -0.2) is 5.54 Å². The summed E-state index contributed by atoms with van der Waals surface area (Å²) in [6.45, 7) is 7.10. The molecule has 0 spiro atoms. The minimum atomic E-state index is 0.0389. The standard InChI is InChI=1S/C17H19BrClNO/c1-17(2,3)20-11-12-10-14(19)6-9-16(12)21-15-7-4-13(18)5-8-15/h4-10,20H,11H2,1-3H3. The summed E-state index contributed by atoms with van der Waals surface area (Å²) in [5.74, 6) is 1.62. The Morgan fingerprint density at radius 2 is 1.76 bits per heavy atom. The Bertz CT molecular complexity index is 605. The third-order valence-corrected chi connectivity index (χ3v) is 3.64. The van der Waals surface area contributed by atoms with Gasteiger partial charge in [-0.25, -0.2) is 0 Å². The van der Waals surface area contributed by atoms with Gasteiger partial charge in [0.05, 0.1) is 0 Å². The van der Waals surface area contributed by atoms with E-state index in [0.29, 0.717) is 11.6 Å². The fraction of sp³-hybridized carbons (Fsp3) is 0.294. The zero-order valence-electron chi connectivity index (χ0n) is 12.4. The molecule has 0 radical (unpaired) electrons. The predicted octanol–water partition coefficient (Wildman–Crippen LogP) is 5.78. The van der Waals surface area contributed by atoms with Gasteiger partial charge in [0.1, 0.15) is 11.5 Å². The molecule has 0 aliphatic heterocycles. The van der Waals surface area contributed by atoms with Crippen molar-refractivity contribution in [2.75, 3.05) is 0 Å². The molecule has 0 bridgehead atoms. The van der Waals surface area contributed by atoms with Crippen molar-refractivity contribution in [2.45, 2.75) is 32.9 Å². The third kappa shape index (κ3) is 5.34. The van der Waals surface area contributed by atoms with Crippen LogP contribution in [0.25, 0.3) is 0 Å². The average molecular weight is 369 g/mol. The van der Waals surface area contributed by atoms with Crippen molar-refractivity contribution in [3.63, 3.8) is 0 Å². The van der Waals surface area contributed by atoms with Gasteiger partial charge in [-0.05, 0) is 63.2 Å². The molecule has 2 aromatic rings. The van der Waals surface area contributed by atoms with Gasteiger partial charge in [0, 0.05) is 27.1 Å². The number of hydrogen-bond acceptors (Lipinski definition) is 2. The van der Waals surface area contributed by atoms with Crippen LogP contribution in [0, 0.1) is 0 Å². The van der Waals surface area contributed by atoms with Crippen molar-refractivity contribution in [1.82, 2.24) is 5.32 Å². The van der Waals surface area contributed by atoms with Gasteiger partial charge in [0.25, 0.3) is 0 Å². The third-order valence-electron chi connectivity index (χ3n) is 2.87. The lowest BCUT2D eigenvalue weighted by atomic mass is 10.1. The van der Waals surface area contributed by atoms with E-state index in [4.69, 9.17) is 16.3 Å². The summed E-state index contributed by atoms with van der Waals surface area (Å²) >= 11 is 9.52. The SMILES string of the molecule is CC(C)(C)NCc1cc(Cl)ccc1Oc1ccc(Br)cc1. The van der Waals surface area contributed by atoms with Crippen molar-refractivity contribution in [3.05, 3.63) is 57.5 Å². The van der Waals surface area contributed by atoms with E-state index in [1.807, 2.05) is 42.5 Å². The second-order valence-electron chi connectivity index (χ2n) is 5.91. The highest BCUT2D eigenvalue weighted by molar-refractivity contribution is 9.10. The molecule has 1 N–H and O–H groups in total. The molecule has 2 rings (SSSR count). The maximum atomic E-state index is 6.10. The number of halogens is 2. The quantitative estimate of drug-likeness (QED) is 0.738. The molecule has 0 aromatic heterocycles. The zero-order valence-corrected chi connectivity index (χ0v) is 14.8. The molecule has 0 aliphatic rings. The van der Waals surface area contributed by atoms with Gasteiger partial charge in [0.15, 0.2) is 0 Å². The van der Waals surface area contributed by atoms with Gasteiger partial charge in [0.2, 0.25) is 0 Å². The summed E-state index contributed by atoms with van der Waals surface area (Å²) in [5.41, 5.74) is 1.08. The Morgan fingerprint density at radius 3 is 2.38 bits per heavy atom. The van der Waals surface area contributed by atoms with Crippen LogP contribution in [-0.2, 0) is 6.54 Å². The molecule has 0 atom stereocenters. The van der Waals surface area contributed by atoms with Gasteiger partial charge in [-0.3, -0.25) is 0 Å². The monoisotopic (exact) mass is 367 g/mol. The smallest absolute Gasteiger partial charge is 0.132 e. The van der Waals surface area contributed by atoms with Crippen molar-refractivity contribution in [1.29, 1.82) is 0 Å². The van der Waals surface area contributed by atoms with Crippen LogP contribution in [0.3, 0.4) is 0 Å². The Morgan fingerprint density at radius 1 is 1.10 bits per heavy atom. The highest BCUT2D eigenvalue weighted by atomic mass is 79.9. The first-order valence-corrected chi connectivity index (χ1v) is 7.97. The lowest BCUT2D eigenvalue weighted by Gasteiger charge is -2.21. The fourth-order valence-corrected chi connectivity index (χ4v) is 2.23. The van der Waals surface area contributed by atoms with E-state index in [1.54, 1.807) is 0 Å². The van der Waals surface area contributed by atoms with Crippen LogP contribution in [0.2, 0.25) is 5.02 Å². The molecule has 2 nitrogen and oxygen atoms in total. The van der Waals surface area contributed by atoms with Crippen molar-refractivity contribution in [2.24, 2.45) is 0 Å². The summed E-state index contributed by atoms with van der Waals surface area (Å²) in [6.07, 6.45) is 0. The number of nitrogens with one attached hydrogen (secondary N) is 1. The molecule has 0 aliphatic carbocycles. The van der Waals surface area contributed by atoms with Crippen LogP contribution >= 0.6 is 27.5 Å². The number of rotatable bonds is 4. The Labute approximate surface area is 139 Å². The van der Waals surface area contributed by atoms with Gasteiger partial charge < -0.3 is 10.1 Å². The fourth-order valence-electron chi connectivity index (χ4n) is 1.78. The molecule has 0 fully saturated rings. The Balaban J connectivity index is 2.20. The van der Waals surface area contributed by atoms with Gasteiger partial charge in [-0.15, -0.1) is 0 Å². The minimum absolute atomic E-state index is 0.0389. The van der Waals surface area contributed by atoms with E-state index in [1.165, 1.54) is 0 Å². The molecule has 112 valence electrons. The van der Waals surface area contributed by atoms with E-state index in [2.05, 4.69) is 42.0 Å². The molecular weight excluding hydrogens is 350 g/mol. The predicted molar refractivity (Wildman–Crippen MR) is 92.3 cm³/mol. The normalized spacial score (nSPS) is 11.5. The van der Waals surface area contributed by atoms with Gasteiger partial charge in [-0.1, -0.05) is 27.5 Å². The second-order valence-corrected chi connectivity index (χ2v) is 7.26. The number of hydrogen-bond donors (Lipinski definition) is 1. The largest absolute Gasteiger partial charge is 0.457 e. The van der Waals surface area contributed by atoms with E-state index >= 15 is 0 Å². The van der Waals surface area contributed by atoms with Crippen LogP contribution in [0.15, 0.2) is 46.9 Å². The first-order valence-electron chi connectivity index (χ1n) is 6.80. The minimum Gasteiger partial charge on any atom is -0.457 e. The second kappa shape index (κ2) is 6.82. The van der Waals surface area contributed by atoms with E-state index in [-0.39, 0.29) is 5.54 Å². The first-order chi connectivity index (χ1) is 9.83. The van der Waals surface area contributed by atoms with E-state index < -0.39 is 0 Å². The summed E-state index contributed by atoms with van der Waals surface area (Å²) in [6, 6.07) is 13.5. The van der Waals surface area contributed by atoms with Gasteiger partial charge in [-0.2, -0.15) is 0 Å². The summed E-state index contributed by atoms with van der Waals surface area (Å²) < 4.78 is 6.99. The first kappa shape index (κ1) is 16.3. The van der Waals surface area contributed by atoms with Crippen molar-refractivity contribution >= 4 is 27.5 Å². The zero-order chi connectivity index (χ0) is 15.5. The maximum absolute atomic E-state index is 6.10. The summed E-state index contributed by atoms with van der Waals surface area (Å²) in [7, 11) is 0. The van der Waals surface area contributed by atoms with E-state index in [9.17, 15) is 0 Å². The van der Waals surface area contributed by atoms with Crippen molar-refractivity contribution < 1.29 is 4.74 Å². The summed E-state index contributed by atoms with van der Waals surface area (Å²) in [4.78, 5) is 0. The lowest BCUT2D eigenvalue weighted by molar-refractivity contribution is 0.414. The molecule has 0 saturated heterocycles. The van der Waals surface area contributed by atoms with E-state index in [0.717, 1.165) is 21.5 Å². The molecule has 4 heteroatoms. The Hall–Kier alpha value is -1.03. The van der Waals surface area contributed by atoms with Crippen LogP contribution < -0.4 is 10.1 Å². The van der Waals surface area contributed by atoms with Crippen LogP contribution in [0.4, 0.5) is 0 Å². The topological polar surface area (TPSA) is 21.3 Å². The lowest BCUT2D eigenvalue weighted by Crippen LogP contribution is -2.35. The van der Waals surface area contributed by atoms with Crippen LogP contribution in [0.5, 0.6) is 11.5 Å². The maximum Gasteiger partial charge on any atom is 0.132 e. The Kier molecular flexibility index (Phi) is 5.31. The molecule has 21 heavy (non-hydrogen) atoms. The molecular formula is C17H19BrClNO. The number of benzene rings is 2. The molecule has 0 heterocycles. The highest BCUT2D eigenvalue weighted by Crippen LogP contribution is 2.29. The van der Waals surface area contributed by atoms with Gasteiger partial charge >= 0.3 is 0 Å². The van der Waals surface area contributed by atoms with Crippen LogP contribution in [0.1, 0.15) is 26.3 Å².